The van der Waals surface area contributed by atoms with Gasteiger partial charge < -0.3 is 14.5 Å². The number of nitrogens with zero attached hydrogens (tertiary/aromatic N) is 4. The molecule has 0 unspecified atom stereocenters. The lowest BCUT2D eigenvalue weighted by molar-refractivity contribution is 0.178. The van der Waals surface area contributed by atoms with Gasteiger partial charge in [-0.05, 0) is 25.7 Å². The number of methoxy groups -OCH3 is 1. The smallest absolute Gasteiger partial charge is 0.158 e. The first kappa shape index (κ1) is 16.5. The third-order valence-corrected chi connectivity index (χ3v) is 4.88. The summed E-state index contributed by atoms with van der Waals surface area (Å²) in [5, 5.41) is 0. The summed E-state index contributed by atoms with van der Waals surface area (Å²) in [7, 11) is 1.72. The third kappa shape index (κ3) is 4.56. The highest BCUT2D eigenvalue weighted by molar-refractivity contribution is 5.51. The van der Waals surface area contributed by atoms with Gasteiger partial charge in [0.15, 0.2) is 5.82 Å². The zero-order valence-corrected chi connectivity index (χ0v) is 14.5. The SMILES string of the molecule is COCc1nc(N2CCCCCC2)cc(N2CCCCCC2)n1. The Hall–Kier alpha value is -1.36. The van der Waals surface area contributed by atoms with Gasteiger partial charge >= 0.3 is 0 Å². The van der Waals surface area contributed by atoms with Gasteiger partial charge in [-0.2, -0.15) is 0 Å². The molecule has 0 radical (unpaired) electrons. The largest absolute Gasteiger partial charge is 0.377 e. The van der Waals surface area contributed by atoms with Crippen molar-refractivity contribution in [3.8, 4) is 0 Å². The molecule has 3 heterocycles. The van der Waals surface area contributed by atoms with Crippen LogP contribution in [0.25, 0.3) is 0 Å². The summed E-state index contributed by atoms with van der Waals surface area (Å²) in [5.74, 6) is 3.00. The fourth-order valence-electron chi connectivity index (χ4n) is 3.59. The molecule has 0 saturated carbocycles. The summed E-state index contributed by atoms with van der Waals surface area (Å²) in [6.45, 7) is 4.94. The van der Waals surface area contributed by atoms with Gasteiger partial charge in [-0.3, -0.25) is 0 Å². The minimum atomic E-state index is 0.489. The Bertz CT molecular complexity index is 440. The fourth-order valence-corrected chi connectivity index (χ4v) is 3.59. The number of hydrogen-bond donors (Lipinski definition) is 0. The average molecular weight is 318 g/mol. The van der Waals surface area contributed by atoms with E-state index in [1.54, 1.807) is 7.11 Å². The molecule has 0 aromatic carbocycles. The Labute approximate surface area is 140 Å². The van der Waals surface area contributed by atoms with E-state index in [-0.39, 0.29) is 0 Å². The maximum absolute atomic E-state index is 5.30. The van der Waals surface area contributed by atoms with Crippen LogP contribution in [0.2, 0.25) is 0 Å². The Morgan fingerprint density at radius 3 is 1.61 bits per heavy atom. The first-order valence-corrected chi connectivity index (χ1v) is 9.23. The molecule has 5 heteroatoms. The molecule has 2 aliphatic heterocycles. The highest BCUT2D eigenvalue weighted by Crippen LogP contribution is 2.24. The lowest BCUT2D eigenvalue weighted by Gasteiger charge is -2.26. The van der Waals surface area contributed by atoms with Crippen molar-refractivity contribution < 1.29 is 4.74 Å². The number of rotatable bonds is 4. The van der Waals surface area contributed by atoms with Crippen LogP contribution in [0.1, 0.15) is 57.2 Å². The summed E-state index contributed by atoms with van der Waals surface area (Å²) in [6.07, 6.45) is 10.4. The van der Waals surface area contributed by atoms with Crippen molar-refractivity contribution in [3.05, 3.63) is 11.9 Å². The standard InChI is InChI=1S/C18H30N4O/c1-23-15-16-19-17(21-10-6-2-3-7-11-21)14-18(20-16)22-12-8-4-5-9-13-22/h14H,2-13,15H2,1H3. The molecule has 0 atom stereocenters. The molecule has 2 saturated heterocycles. The van der Waals surface area contributed by atoms with Crippen LogP contribution in [0.4, 0.5) is 11.6 Å². The molecular formula is C18H30N4O. The predicted octanol–water partition coefficient (Wildman–Crippen LogP) is 3.38. The minimum Gasteiger partial charge on any atom is -0.377 e. The van der Waals surface area contributed by atoms with E-state index in [4.69, 9.17) is 14.7 Å². The zero-order chi connectivity index (χ0) is 15.9. The fraction of sp³-hybridized carbons (Fsp3) is 0.778. The van der Waals surface area contributed by atoms with Crippen molar-refractivity contribution in [1.82, 2.24) is 9.97 Å². The van der Waals surface area contributed by atoms with Crippen LogP contribution >= 0.6 is 0 Å². The monoisotopic (exact) mass is 318 g/mol. The van der Waals surface area contributed by atoms with Crippen LogP contribution in [0.15, 0.2) is 6.07 Å². The lowest BCUT2D eigenvalue weighted by atomic mass is 10.2. The highest BCUT2D eigenvalue weighted by atomic mass is 16.5. The minimum absolute atomic E-state index is 0.489. The van der Waals surface area contributed by atoms with Crippen molar-refractivity contribution in [2.75, 3.05) is 43.1 Å². The molecule has 1 aromatic rings. The van der Waals surface area contributed by atoms with E-state index in [0.29, 0.717) is 6.61 Å². The molecule has 0 amide bonds. The molecule has 128 valence electrons. The van der Waals surface area contributed by atoms with E-state index in [2.05, 4.69) is 15.9 Å². The second kappa shape index (κ2) is 8.48. The molecule has 0 N–H and O–H groups in total. The molecule has 0 aliphatic carbocycles. The van der Waals surface area contributed by atoms with Gasteiger partial charge in [0.25, 0.3) is 0 Å². The number of ether oxygens (including phenoxy) is 1. The van der Waals surface area contributed by atoms with E-state index in [9.17, 15) is 0 Å². The van der Waals surface area contributed by atoms with Gasteiger partial charge in [0.2, 0.25) is 0 Å². The van der Waals surface area contributed by atoms with Crippen LogP contribution in [0.5, 0.6) is 0 Å². The molecular weight excluding hydrogens is 288 g/mol. The van der Waals surface area contributed by atoms with Crippen LogP contribution < -0.4 is 9.80 Å². The maximum Gasteiger partial charge on any atom is 0.158 e. The van der Waals surface area contributed by atoms with Gasteiger partial charge in [-0.1, -0.05) is 25.7 Å². The van der Waals surface area contributed by atoms with Crippen molar-refractivity contribution >= 4 is 11.6 Å². The molecule has 0 spiro atoms. The van der Waals surface area contributed by atoms with Crippen LogP contribution in [-0.2, 0) is 11.3 Å². The van der Waals surface area contributed by atoms with E-state index in [0.717, 1.165) is 43.6 Å². The van der Waals surface area contributed by atoms with E-state index < -0.39 is 0 Å². The van der Waals surface area contributed by atoms with Crippen LogP contribution in [0.3, 0.4) is 0 Å². The van der Waals surface area contributed by atoms with E-state index in [1.807, 2.05) is 0 Å². The summed E-state index contributed by atoms with van der Waals surface area (Å²) in [6, 6.07) is 2.20. The quantitative estimate of drug-likeness (QED) is 0.851. The molecule has 2 fully saturated rings. The van der Waals surface area contributed by atoms with Gasteiger partial charge in [-0.25, -0.2) is 9.97 Å². The number of aromatic nitrogens is 2. The normalized spacial score (nSPS) is 20.2. The molecule has 23 heavy (non-hydrogen) atoms. The van der Waals surface area contributed by atoms with E-state index >= 15 is 0 Å². The van der Waals surface area contributed by atoms with Crippen LogP contribution in [-0.4, -0.2) is 43.3 Å². The van der Waals surface area contributed by atoms with Crippen LogP contribution in [0, 0.1) is 0 Å². The summed E-state index contributed by atoms with van der Waals surface area (Å²) >= 11 is 0. The topological polar surface area (TPSA) is 41.5 Å². The molecule has 1 aromatic heterocycles. The first-order chi connectivity index (χ1) is 11.4. The Kier molecular flexibility index (Phi) is 6.08. The van der Waals surface area contributed by atoms with E-state index in [1.165, 1.54) is 51.4 Å². The average Bonchev–Trinajstić information content (AvgIpc) is 3.00. The number of hydrogen-bond acceptors (Lipinski definition) is 5. The Balaban J connectivity index is 1.85. The van der Waals surface area contributed by atoms with Crippen molar-refractivity contribution in [1.29, 1.82) is 0 Å². The first-order valence-electron chi connectivity index (χ1n) is 9.23. The zero-order valence-electron chi connectivity index (χ0n) is 14.5. The van der Waals surface area contributed by atoms with Gasteiger partial charge in [-0.15, -0.1) is 0 Å². The second-order valence-corrected chi connectivity index (χ2v) is 6.74. The third-order valence-electron chi connectivity index (χ3n) is 4.88. The van der Waals surface area contributed by atoms with Gasteiger partial charge in [0.1, 0.15) is 18.2 Å². The van der Waals surface area contributed by atoms with Gasteiger partial charge in [0, 0.05) is 39.4 Å². The molecule has 5 nitrogen and oxygen atoms in total. The summed E-state index contributed by atoms with van der Waals surface area (Å²) in [5.41, 5.74) is 0. The van der Waals surface area contributed by atoms with Crippen molar-refractivity contribution in [3.63, 3.8) is 0 Å². The maximum atomic E-state index is 5.30. The lowest BCUT2D eigenvalue weighted by Crippen LogP contribution is -2.29. The second-order valence-electron chi connectivity index (χ2n) is 6.74. The molecule has 3 rings (SSSR count). The van der Waals surface area contributed by atoms with Crippen molar-refractivity contribution in [2.45, 2.75) is 58.0 Å². The van der Waals surface area contributed by atoms with Crippen molar-refractivity contribution in [2.24, 2.45) is 0 Å². The number of anilines is 2. The summed E-state index contributed by atoms with van der Waals surface area (Å²) < 4.78 is 5.30. The highest BCUT2D eigenvalue weighted by Gasteiger charge is 2.17. The Morgan fingerprint density at radius 1 is 0.783 bits per heavy atom. The summed E-state index contributed by atoms with van der Waals surface area (Å²) in [4.78, 5) is 14.4. The Morgan fingerprint density at radius 2 is 1.22 bits per heavy atom. The van der Waals surface area contributed by atoms with Gasteiger partial charge in [0.05, 0.1) is 0 Å². The predicted molar refractivity (Wildman–Crippen MR) is 94.1 cm³/mol. The molecule has 0 bridgehead atoms. The molecule has 2 aliphatic rings.